The zero-order chi connectivity index (χ0) is 14.1. The lowest BCUT2D eigenvalue weighted by Gasteiger charge is -2.33. The summed E-state index contributed by atoms with van der Waals surface area (Å²) in [4.78, 5) is 15.5. The number of carbonyl (C=O) groups is 1. The third-order valence-electron chi connectivity index (χ3n) is 3.56. The van der Waals surface area contributed by atoms with Crippen LogP contribution in [0.1, 0.15) is 12.8 Å². The van der Waals surface area contributed by atoms with E-state index < -0.39 is 0 Å². The molecule has 1 fully saturated rings. The van der Waals surface area contributed by atoms with Crippen molar-refractivity contribution in [2.75, 3.05) is 7.11 Å². The highest BCUT2D eigenvalue weighted by Gasteiger charge is 2.37. The molecular formula is C15H14FNO3. The van der Waals surface area contributed by atoms with Gasteiger partial charge in [-0.2, -0.15) is 0 Å². The Labute approximate surface area is 115 Å². The number of fused-ring (bicyclic) bond motifs is 1. The molecule has 3 rings (SSSR count). The van der Waals surface area contributed by atoms with E-state index in [1.807, 2.05) is 0 Å². The molecule has 1 aromatic carbocycles. The number of pyridine rings is 1. The third-order valence-corrected chi connectivity index (χ3v) is 3.56. The summed E-state index contributed by atoms with van der Waals surface area (Å²) >= 11 is 0. The summed E-state index contributed by atoms with van der Waals surface area (Å²) in [5, 5.41) is 0.700. The molecule has 1 aliphatic rings. The minimum Gasteiger partial charge on any atom is -0.488 e. The molecular weight excluding hydrogens is 261 g/mol. The van der Waals surface area contributed by atoms with Crippen molar-refractivity contribution in [1.82, 2.24) is 4.98 Å². The van der Waals surface area contributed by atoms with Crippen LogP contribution < -0.4 is 4.74 Å². The second-order valence-corrected chi connectivity index (χ2v) is 4.91. The van der Waals surface area contributed by atoms with Gasteiger partial charge in [0.05, 0.1) is 13.0 Å². The Bertz CT molecular complexity index is 653. The van der Waals surface area contributed by atoms with Gasteiger partial charge >= 0.3 is 5.97 Å². The van der Waals surface area contributed by atoms with Gasteiger partial charge in [-0.25, -0.2) is 4.39 Å². The summed E-state index contributed by atoms with van der Waals surface area (Å²) in [7, 11) is 1.38. The molecule has 0 spiro atoms. The van der Waals surface area contributed by atoms with Crippen LogP contribution in [0.4, 0.5) is 4.39 Å². The van der Waals surface area contributed by atoms with Gasteiger partial charge in [0.1, 0.15) is 23.2 Å². The van der Waals surface area contributed by atoms with Gasteiger partial charge in [-0.05, 0) is 25.0 Å². The molecule has 1 heterocycles. The van der Waals surface area contributed by atoms with Gasteiger partial charge in [-0.3, -0.25) is 9.78 Å². The molecule has 0 bridgehead atoms. The minimum absolute atomic E-state index is 0.0916. The van der Waals surface area contributed by atoms with E-state index >= 15 is 0 Å². The van der Waals surface area contributed by atoms with Crippen LogP contribution in [-0.2, 0) is 9.53 Å². The largest absolute Gasteiger partial charge is 0.488 e. The fraction of sp³-hybridized carbons (Fsp3) is 0.333. The standard InChI is InChI=1S/C15H14FNO3/c1-19-15(18)10-6-12(7-10)20-13-8-11(16)5-9-3-2-4-17-14(9)13/h2-5,8,10,12H,6-7H2,1H3/t10-,12-. The van der Waals surface area contributed by atoms with E-state index in [4.69, 9.17) is 4.74 Å². The van der Waals surface area contributed by atoms with E-state index in [0.717, 1.165) is 0 Å². The zero-order valence-corrected chi connectivity index (χ0v) is 11.0. The van der Waals surface area contributed by atoms with Gasteiger partial charge < -0.3 is 9.47 Å². The lowest BCUT2D eigenvalue weighted by atomic mass is 9.82. The van der Waals surface area contributed by atoms with Gasteiger partial charge in [0.15, 0.2) is 0 Å². The predicted octanol–water partition coefficient (Wildman–Crippen LogP) is 2.70. The topological polar surface area (TPSA) is 48.4 Å². The lowest BCUT2D eigenvalue weighted by molar-refractivity contribution is -0.151. The first-order chi connectivity index (χ1) is 9.67. The first-order valence-electron chi connectivity index (χ1n) is 6.46. The summed E-state index contributed by atoms with van der Waals surface area (Å²) in [5.41, 5.74) is 0.635. The molecule has 2 aromatic rings. The van der Waals surface area contributed by atoms with Crippen molar-refractivity contribution in [3.8, 4) is 5.75 Å². The van der Waals surface area contributed by atoms with E-state index in [1.165, 1.54) is 19.2 Å². The van der Waals surface area contributed by atoms with Crippen LogP contribution in [-0.4, -0.2) is 24.2 Å². The van der Waals surface area contributed by atoms with Crippen molar-refractivity contribution >= 4 is 16.9 Å². The molecule has 1 aliphatic carbocycles. The smallest absolute Gasteiger partial charge is 0.308 e. The average Bonchev–Trinajstić information content (AvgIpc) is 2.41. The Morgan fingerprint density at radius 1 is 1.40 bits per heavy atom. The Kier molecular flexibility index (Phi) is 3.26. The first-order valence-corrected chi connectivity index (χ1v) is 6.46. The number of hydrogen-bond donors (Lipinski definition) is 0. The number of methoxy groups -OCH3 is 1. The van der Waals surface area contributed by atoms with E-state index in [1.54, 1.807) is 18.3 Å². The highest BCUT2D eigenvalue weighted by Crippen LogP contribution is 2.34. The highest BCUT2D eigenvalue weighted by atomic mass is 19.1. The van der Waals surface area contributed by atoms with Crippen LogP contribution in [0.3, 0.4) is 0 Å². The SMILES string of the molecule is COC(=O)[C@H]1C[C@H](Oc2cc(F)cc3cccnc23)C1. The second-order valence-electron chi connectivity index (χ2n) is 4.91. The number of halogens is 1. The van der Waals surface area contributed by atoms with E-state index in [-0.39, 0.29) is 23.8 Å². The molecule has 0 atom stereocenters. The number of esters is 1. The lowest BCUT2D eigenvalue weighted by Crippen LogP contribution is -2.38. The number of nitrogens with zero attached hydrogens (tertiary/aromatic N) is 1. The van der Waals surface area contributed by atoms with Crippen molar-refractivity contribution < 1.29 is 18.7 Å². The Balaban J connectivity index is 1.77. The molecule has 20 heavy (non-hydrogen) atoms. The average molecular weight is 275 g/mol. The maximum Gasteiger partial charge on any atom is 0.308 e. The van der Waals surface area contributed by atoms with E-state index in [0.29, 0.717) is 29.5 Å². The Morgan fingerprint density at radius 3 is 2.95 bits per heavy atom. The number of hydrogen-bond acceptors (Lipinski definition) is 4. The summed E-state index contributed by atoms with van der Waals surface area (Å²) < 4.78 is 24.0. The fourth-order valence-corrected chi connectivity index (χ4v) is 2.41. The minimum atomic E-state index is -0.357. The highest BCUT2D eigenvalue weighted by molar-refractivity contribution is 5.84. The monoisotopic (exact) mass is 275 g/mol. The van der Waals surface area contributed by atoms with Gasteiger partial charge in [0.25, 0.3) is 0 Å². The van der Waals surface area contributed by atoms with E-state index in [2.05, 4.69) is 9.72 Å². The van der Waals surface area contributed by atoms with Crippen LogP contribution in [0, 0.1) is 11.7 Å². The molecule has 0 saturated heterocycles. The summed E-state index contributed by atoms with van der Waals surface area (Å²) in [6, 6.07) is 6.30. The van der Waals surface area contributed by atoms with Crippen LogP contribution in [0.15, 0.2) is 30.5 Å². The molecule has 1 saturated carbocycles. The van der Waals surface area contributed by atoms with Gasteiger partial charge in [-0.1, -0.05) is 6.07 Å². The maximum atomic E-state index is 13.5. The molecule has 5 heteroatoms. The summed E-state index contributed by atoms with van der Waals surface area (Å²) in [6.07, 6.45) is 2.74. The molecule has 104 valence electrons. The number of ether oxygens (including phenoxy) is 2. The first kappa shape index (κ1) is 12.8. The van der Waals surface area contributed by atoms with Gasteiger partial charge in [-0.15, -0.1) is 0 Å². The Morgan fingerprint density at radius 2 is 2.20 bits per heavy atom. The molecule has 0 amide bonds. The van der Waals surface area contributed by atoms with Crippen molar-refractivity contribution in [3.63, 3.8) is 0 Å². The van der Waals surface area contributed by atoms with Crippen molar-refractivity contribution in [3.05, 3.63) is 36.3 Å². The van der Waals surface area contributed by atoms with Gasteiger partial charge in [0, 0.05) is 17.6 Å². The third kappa shape index (κ3) is 2.31. The maximum absolute atomic E-state index is 13.5. The van der Waals surface area contributed by atoms with Crippen LogP contribution in [0.5, 0.6) is 5.75 Å². The number of rotatable bonds is 3. The van der Waals surface area contributed by atoms with Crippen molar-refractivity contribution in [2.45, 2.75) is 18.9 Å². The Hall–Kier alpha value is -2.17. The fourth-order valence-electron chi connectivity index (χ4n) is 2.41. The van der Waals surface area contributed by atoms with Crippen LogP contribution >= 0.6 is 0 Å². The van der Waals surface area contributed by atoms with Crippen LogP contribution in [0.2, 0.25) is 0 Å². The predicted molar refractivity (Wildman–Crippen MR) is 70.9 cm³/mol. The molecule has 1 aromatic heterocycles. The normalized spacial score (nSPS) is 21.3. The van der Waals surface area contributed by atoms with Crippen molar-refractivity contribution in [2.24, 2.45) is 5.92 Å². The number of benzene rings is 1. The molecule has 0 aliphatic heterocycles. The van der Waals surface area contributed by atoms with E-state index in [9.17, 15) is 9.18 Å². The summed E-state index contributed by atoms with van der Waals surface area (Å²) in [5.74, 6) is -0.261. The zero-order valence-electron chi connectivity index (χ0n) is 11.0. The van der Waals surface area contributed by atoms with Crippen LogP contribution in [0.25, 0.3) is 10.9 Å². The number of aromatic nitrogens is 1. The molecule has 0 unspecified atom stereocenters. The quantitative estimate of drug-likeness (QED) is 0.808. The molecule has 0 radical (unpaired) electrons. The molecule has 0 N–H and O–H groups in total. The summed E-state index contributed by atoms with van der Waals surface area (Å²) in [6.45, 7) is 0. The van der Waals surface area contributed by atoms with Gasteiger partial charge in [0.2, 0.25) is 0 Å². The second kappa shape index (κ2) is 5.07. The number of carbonyl (C=O) groups excluding carboxylic acids is 1. The van der Waals surface area contributed by atoms with Crippen molar-refractivity contribution in [1.29, 1.82) is 0 Å². The molecule has 4 nitrogen and oxygen atoms in total.